The molecule has 0 saturated carbocycles. The summed E-state index contributed by atoms with van der Waals surface area (Å²) in [5.41, 5.74) is 2.07. The molecule has 0 aliphatic heterocycles. The SMILES string of the molecule is CC(NC(=O)CCc1ccccc1)c1ccc(OCC(=O)O)cc1. The molecule has 2 aromatic rings. The summed E-state index contributed by atoms with van der Waals surface area (Å²) in [4.78, 5) is 22.5. The largest absolute Gasteiger partial charge is 0.482 e. The van der Waals surface area contributed by atoms with E-state index in [4.69, 9.17) is 9.84 Å². The number of carboxylic acid groups (broad SMARTS) is 1. The fraction of sp³-hybridized carbons (Fsp3) is 0.263. The first kappa shape index (κ1) is 17.5. The number of hydrogen-bond donors (Lipinski definition) is 2. The molecule has 5 nitrogen and oxygen atoms in total. The van der Waals surface area contributed by atoms with Crippen molar-refractivity contribution in [1.82, 2.24) is 5.32 Å². The first-order valence-corrected chi connectivity index (χ1v) is 7.82. The van der Waals surface area contributed by atoms with Gasteiger partial charge in [-0.2, -0.15) is 0 Å². The molecule has 2 rings (SSSR count). The van der Waals surface area contributed by atoms with Gasteiger partial charge in [-0.15, -0.1) is 0 Å². The average molecular weight is 327 g/mol. The summed E-state index contributed by atoms with van der Waals surface area (Å²) in [5, 5.41) is 11.5. The molecule has 1 unspecified atom stereocenters. The summed E-state index contributed by atoms with van der Waals surface area (Å²) in [5.74, 6) is -0.528. The molecule has 0 aliphatic rings. The Balaban J connectivity index is 1.81. The zero-order valence-electron chi connectivity index (χ0n) is 13.6. The van der Waals surface area contributed by atoms with Gasteiger partial charge in [0.25, 0.3) is 0 Å². The Bertz CT molecular complexity index is 668. The van der Waals surface area contributed by atoms with Crippen LogP contribution in [0.15, 0.2) is 54.6 Å². The Morgan fingerprint density at radius 3 is 2.38 bits per heavy atom. The van der Waals surface area contributed by atoms with Gasteiger partial charge in [0.2, 0.25) is 5.91 Å². The van der Waals surface area contributed by atoms with E-state index in [0.717, 1.165) is 11.1 Å². The summed E-state index contributed by atoms with van der Waals surface area (Å²) in [6, 6.07) is 16.8. The lowest BCUT2D eigenvalue weighted by Gasteiger charge is -2.15. The van der Waals surface area contributed by atoms with Crippen LogP contribution in [0.1, 0.15) is 30.5 Å². The molecule has 2 aromatic carbocycles. The highest BCUT2D eigenvalue weighted by atomic mass is 16.5. The molecular weight excluding hydrogens is 306 g/mol. The van der Waals surface area contributed by atoms with Gasteiger partial charge in [0, 0.05) is 6.42 Å². The van der Waals surface area contributed by atoms with Crippen molar-refractivity contribution in [3.8, 4) is 5.75 Å². The third-order valence-corrected chi connectivity index (χ3v) is 3.60. The maximum atomic E-state index is 12.0. The third kappa shape index (κ3) is 5.76. The van der Waals surface area contributed by atoms with E-state index in [9.17, 15) is 9.59 Å². The van der Waals surface area contributed by atoms with Gasteiger partial charge in [-0.3, -0.25) is 4.79 Å². The molecule has 5 heteroatoms. The summed E-state index contributed by atoms with van der Waals surface area (Å²) >= 11 is 0. The number of carboxylic acids is 1. The number of amides is 1. The van der Waals surface area contributed by atoms with Crippen molar-refractivity contribution in [2.45, 2.75) is 25.8 Å². The fourth-order valence-corrected chi connectivity index (χ4v) is 2.30. The van der Waals surface area contributed by atoms with Gasteiger partial charge >= 0.3 is 5.97 Å². The minimum atomic E-state index is -1.02. The van der Waals surface area contributed by atoms with E-state index in [1.165, 1.54) is 0 Å². The van der Waals surface area contributed by atoms with Crippen LogP contribution in [-0.2, 0) is 16.0 Å². The lowest BCUT2D eigenvalue weighted by atomic mass is 10.1. The van der Waals surface area contributed by atoms with Gasteiger partial charge in [-0.1, -0.05) is 42.5 Å². The zero-order chi connectivity index (χ0) is 17.4. The maximum Gasteiger partial charge on any atom is 0.341 e. The number of rotatable bonds is 8. The smallest absolute Gasteiger partial charge is 0.341 e. The molecule has 126 valence electrons. The van der Waals surface area contributed by atoms with E-state index in [2.05, 4.69) is 5.32 Å². The van der Waals surface area contributed by atoms with Crippen molar-refractivity contribution in [1.29, 1.82) is 0 Å². The monoisotopic (exact) mass is 327 g/mol. The molecule has 0 aliphatic carbocycles. The van der Waals surface area contributed by atoms with E-state index in [-0.39, 0.29) is 18.6 Å². The van der Waals surface area contributed by atoms with Crippen LogP contribution in [0.3, 0.4) is 0 Å². The first-order chi connectivity index (χ1) is 11.5. The molecule has 1 amide bonds. The van der Waals surface area contributed by atoms with Gasteiger partial charge < -0.3 is 15.2 Å². The Kier molecular flexibility index (Phi) is 6.37. The highest BCUT2D eigenvalue weighted by molar-refractivity contribution is 5.76. The van der Waals surface area contributed by atoms with Crippen molar-refractivity contribution in [3.63, 3.8) is 0 Å². The normalized spacial score (nSPS) is 11.5. The number of hydrogen-bond acceptors (Lipinski definition) is 3. The van der Waals surface area contributed by atoms with Gasteiger partial charge in [0.05, 0.1) is 6.04 Å². The molecule has 24 heavy (non-hydrogen) atoms. The Hall–Kier alpha value is -2.82. The Morgan fingerprint density at radius 2 is 1.75 bits per heavy atom. The minimum absolute atomic E-state index is 0.00226. The zero-order valence-corrected chi connectivity index (χ0v) is 13.6. The van der Waals surface area contributed by atoms with Gasteiger partial charge in [0.1, 0.15) is 5.75 Å². The van der Waals surface area contributed by atoms with Crippen molar-refractivity contribution in [2.24, 2.45) is 0 Å². The van der Waals surface area contributed by atoms with E-state index in [1.54, 1.807) is 12.1 Å². The summed E-state index contributed by atoms with van der Waals surface area (Å²) in [7, 11) is 0. The summed E-state index contributed by atoms with van der Waals surface area (Å²) in [6.07, 6.45) is 1.15. The Labute approximate surface area is 141 Å². The molecule has 2 N–H and O–H groups in total. The topological polar surface area (TPSA) is 75.6 Å². The van der Waals surface area contributed by atoms with Crippen molar-refractivity contribution >= 4 is 11.9 Å². The molecule has 0 saturated heterocycles. The molecule has 0 radical (unpaired) electrons. The van der Waals surface area contributed by atoms with Crippen LogP contribution in [0.4, 0.5) is 0 Å². The van der Waals surface area contributed by atoms with Gasteiger partial charge in [0.15, 0.2) is 6.61 Å². The number of aliphatic carboxylic acids is 1. The van der Waals surface area contributed by atoms with E-state index >= 15 is 0 Å². The number of carbonyl (C=O) groups is 2. The van der Waals surface area contributed by atoms with Gasteiger partial charge in [-0.05, 0) is 36.6 Å². The summed E-state index contributed by atoms with van der Waals surface area (Å²) < 4.78 is 5.08. The van der Waals surface area contributed by atoms with Crippen molar-refractivity contribution in [3.05, 3.63) is 65.7 Å². The lowest BCUT2D eigenvalue weighted by molar-refractivity contribution is -0.139. The fourth-order valence-electron chi connectivity index (χ4n) is 2.30. The van der Waals surface area contributed by atoms with Crippen LogP contribution in [0.5, 0.6) is 5.75 Å². The lowest BCUT2D eigenvalue weighted by Crippen LogP contribution is -2.26. The second kappa shape index (κ2) is 8.72. The second-order valence-electron chi connectivity index (χ2n) is 5.53. The predicted molar refractivity (Wildman–Crippen MR) is 90.9 cm³/mol. The molecule has 0 heterocycles. The molecular formula is C19H21NO4. The molecule has 0 aromatic heterocycles. The van der Waals surface area contributed by atoms with E-state index in [1.807, 2.05) is 49.4 Å². The quantitative estimate of drug-likeness (QED) is 0.781. The predicted octanol–water partition coefficient (Wildman–Crippen LogP) is 2.96. The van der Waals surface area contributed by atoms with Crippen LogP contribution < -0.4 is 10.1 Å². The molecule has 0 fully saturated rings. The van der Waals surface area contributed by atoms with Crippen LogP contribution >= 0.6 is 0 Å². The third-order valence-electron chi connectivity index (χ3n) is 3.60. The molecule has 1 atom stereocenters. The van der Waals surface area contributed by atoms with Crippen LogP contribution in [0.2, 0.25) is 0 Å². The molecule has 0 spiro atoms. The van der Waals surface area contributed by atoms with Crippen molar-refractivity contribution in [2.75, 3.05) is 6.61 Å². The van der Waals surface area contributed by atoms with Crippen LogP contribution in [-0.4, -0.2) is 23.6 Å². The average Bonchev–Trinajstić information content (AvgIpc) is 2.59. The second-order valence-corrected chi connectivity index (χ2v) is 5.53. The number of nitrogens with one attached hydrogen (secondary N) is 1. The summed E-state index contributed by atoms with van der Waals surface area (Å²) in [6.45, 7) is 1.54. The first-order valence-electron chi connectivity index (χ1n) is 7.82. The Morgan fingerprint density at radius 1 is 1.08 bits per heavy atom. The standard InChI is InChI=1S/C19H21NO4/c1-14(16-8-10-17(11-9-16)24-13-19(22)23)20-18(21)12-7-15-5-3-2-4-6-15/h2-6,8-11,14H,7,12-13H2,1H3,(H,20,21)(H,22,23). The number of ether oxygens (including phenoxy) is 1. The maximum absolute atomic E-state index is 12.0. The molecule has 0 bridgehead atoms. The van der Waals surface area contributed by atoms with Gasteiger partial charge in [-0.25, -0.2) is 4.79 Å². The highest BCUT2D eigenvalue weighted by Gasteiger charge is 2.10. The number of carbonyl (C=O) groups excluding carboxylic acids is 1. The van der Waals surface area contributed by atoms with E-state index in [0.29, 0.717) is 18.6 Å². The van der Waals surface area contributed by atoms with Crippen molar-refractivity contribution < 1.29 is 19.4 Å². The van der Waals surface area contributed by atoms with Crippen LogP contribution in [0.25, 0.3) is 0 Å². The number of aryl methyl sites for hydroxylation is 1. The number of benzene rings is 2. The van der Waals surface area contributed by atoms with Crippen LogP contribution in [0, 0.1) is 0 Å². The van der Waals surface area contributed by atoms with E-state index < -0.39 is 5.97 Å². The highest BCUT2D eigenvalue weighted by Crippen LogP contribution is 2.18. The minimum Gasteiger partial charge on any atom is -0.482 e.